The minimum Gasteiger partial charge on any atom is -0.338 e. The smallest absolute Gasteiger partial charge is 0.239 e. The van der Waals surface area contributed by atoms with Crippen LogP contribution in [0.5, 0.6) is 0 Å². The van der Waals surface area contributed by atoms with Crippen molar-refractivity contribution in [3.05, 3.63) is 35.9 Å². The number of carbonyl (C=O) groups is 1. The van der Waals surface area contributed by atoms with Gasteiger partial charge in [-0.1, -0.05) is 30.3 Å². The van der Waals surface area contributed by atoms with Crippen LogP contribution in [0.1, 0.15) is 31.2 Å². The van der Waals surface area contributed by atoms with Crippen molar-refractivity contribution >= 4 is 18.3 Å². The van der Waals surface area contributed by atoms with Crippen LogP contribution in [0.4, 0.5) is 0 Å². The van der Waals surface area contributed by atoms with Gasteiger partial charge in [-0.3, -0.25) is 4.79 Å². The number of nitrogens with one attached hydrogen (secondary N) is 1. The third kappa shape index (κ3) is 3.33. The number of nitrogens with zero attached hydrogens (tertiary/aromatic N) is 1. The van der Waals surface area contributed by atoms with Gasteiger partial charge in [-0.2, -0.15) is 0 Å². The third-order valence-electron chi connectivity index (χ3n) is 4.33. The Hall–Kier alpha value is -1.06. The van der Waals surface area contributed by atoms with Crippen LogP contribution in [-0.2, 0) is 11.2 Å². The molecule has 110 valence electrons. The zero-order valence-electron chi connectivity index (χ0n) is 11.8. The van der Waals surface area contributed by atoms with E-state index in [0.717, 1.165) is 45.2 Å². The lowest BCUT2D eigenvalue weighted by atomic mass is 10.0. The maximum atomic E-state index is 12.5. The zero-order valence-corrected chi connectivity index (χ0v) is 12.6. The number of hydrogen-bond acceptors (Lipinski definition) is 2. The molecule has 0 aliphatic carbocycles. The van der Waals surface area contributed by atoms with Crippen LogP contribution >= 0.6 is 12.4 Å². The van der Waals surface area contributed by atoms with E-state index in [1.165, 1.54) is 5.56 Å². The van der Waals surface area contributed by atoms with Gasteiger partial charge in [0.1, 0.15) is 0 Å². The zero-order chi connectivity index (χ0) is 13.1. The topological polar surface area (TPSA) is 32.3 Å². The van der Waals surface area contributed by atoms with E-state index in [1.807, 2.05) is 6.07 Å². The highest BCUT2D eigenvalue weighted by molar-refractivity contribution is 5.85. The maximum absolute atomic E-state index is 12.5. The molecule has 2 unspecified atom stereocenters. The van der Waals surface area contributed by atoms with Crippen molar-refractivity contribution in [3.63, 3.8) is 0 Å². The fourth-order valence-corrected chi connectivity index (χ4v) is 3.32. The first-order valence-corrected chi connectivity index (χ1v) is 7.42. The highest BCUT2D eigenvalue weighted by Gasteiger charge is 2.33. The van der Waals surface area contributed by atoms with E-state index >= 15 is 0 Å². The maximum Gasteiger partial charge on any atom is 0.239 e. The fraction of sp³-hybridized carbons (Fsp3) is 0.562. The predicted octanol–water partition coefficient (Wildman–Crippen LogP) is 2.39. The first kappa shape index (κ1) is 15.3. The lowest BCUT2D eigenvalue weighted by Gasteiger charge is -2.27. The standard InChI is InChI=1S/C16H22N2O.ClH/c19-16(15-9-4-10-17-15)18-11-5-8-14(18)12-13-6-2-1-3-7-13;/h1-3,6-7,14-15,17H,4-5,8-12H2;1H. The first-order valence-electron chi connectivity index (χ1n) is 7.42. The third-order valence-corrected chi connectivity index (χ3v) is 4.33. The highest BCUT2D eigenvalue weighted by Crippen LogP contribution is 2.23. The van der Waals surface area contributed by atoms with E-state index in [0.29, 0.717) is 11.9 Å². The van der Waals surface area contributed by atoms with Gasteiger partial charge in [0.15, 0.2) is 0 Å². The molecule has 0 spiro atoms. The monoisotopic (exact) mass is 294 g/mol. The molecule has 0 radical (unpaired) electrons. The lowest BCUT2D eigenvalue weighted by Crippen LogP contribution is -2.46. The van der Waals surface area contributed by atoms with E-state index in [-0.39, 0.29) is 18.4 Å². The number of carbonyl (C=O) groups excluding carboxylic acids is 1. The van der Waals surface area contributed by atoms with Crippen molar-refractivity contribution in [1.29, 1.82) is 0 Å². The van der Waals surface area contributed by atoms with Gasteiger partial charge in [-0.25, -0.2) is 0 Å². The quantitative estimate of drug-likeness (QED) is 0.928. The molecule has 0 bridgehead atoms. The van der Waals surface area contributed by atoms with Crippen molar-refractivity contribution < 1.29 is 4.79 Å². The molecule has 2 fully saturated rings. The minimum atomic E-state index is 0. The molecule has 2 atom stereocenters. The van der Waals surface area contributed by atoms with Gasteiger partial charge in [-0.15, -0.1) is 12.4 Å². The van der Waals surface area contributed by atoms with Crippen molar-refractivity contribution in [2.24, 2.45) is 0 Å². The minimum absolute atomic E-state index is 0. The van der Waals surface area contributed by atoms with Gasteiger partial charge in [0.05, 0.1) is 6.04 Å². The Kier molecular flexibility index (Phi) is 5.44. The molecule has 1 N–H and O–H groups in total. The second kappa shape index (κ2) is 7.09. The summed E-state index contributed by atoms with van der Waals surface area (Å²) in [4.78, 5) is 14.6. The Morgan fingerprint density at radius 2 is 2.00 bits per heavy atom. The SMILES string of the molecule is Cl.O=C(C1CCCN1)N1CCCC1Cc1ccccc1. The molecule has 1 aromatic carbocycles. The van der Waals surface area contributed by atoms with Crippen LogP contribution in [0.2, 0.25) is 0 Å². The van der Waals surface area contributed by atoms with E-state index in [9.17, 15) is 4.79 Å². The van der Waals surface area contributed by atoms with Crippen LogP contribution in [-0.4, -0.2) is 36.0 Å². The Balaban J connectivity index is 0.00000147. The molecule has 3 nitrogen and oxygen atoms in total. The van der Waals surface area contributed by atoms with Crippen LogP contribution < -0.4 is 5.32 Å². The predicted molar refractivity (Wildman–Crippen MR) is 83.2 cm³/mol. The molecule has 20 heavy (non-hydrogen) atoms. The average molecular weight is 295 g/mol. The summed E-state index contributed by atoms with van der Waals surface area (Å²) in [6.45, 7) is 1.93. The lowest BCUT2D eigenvalue weighted by molar-refractivity contribution is -0.133. The largest absolute Gasteiger partial charge is 0.338 e. The van der Waals surface area contributed by atoms with Gasteiger partial charge in [0, 0.05) is 12.6 Å². The number of amides is 1. The summed E-state index contributed by atoms with van der Waals surface area (Å²) < 4.78 is 0. The summed E-state index contributed by atoms with van der Waals surface area (Å²) in [6.07, 6.45) is 5.43. The van der Waals surface area contributed by atoms with E-state index in [1.54, 1.807) is 0 Å². The van der Waals surface area contributed by atoms with Crippen LogP contribution in [0.15, 0.2) is 30.3 Å². The molecule has 2 heterocycles. The van der Waals surface area contributed by atoms with Crippen molar-refractivity contribution in [1.82, 2.24) is 10.2 Å². The molecular formula is C16H23ClN2O. The summed E-state index contributed by atoms with van der Waals surface area (Å²) in [6, 6.07) is 11.0. The summed E-state index contributed by atoms with van der Waals surface area (Å²) in [5, 5.41) is 3.33. The molecule has 3 rings (SSSR count). The molecule has 2 saturated heterocycles. The van der Waals surface area contributed by atoms with Crippen molar-refractivity contribution in [2.45, 2.75) is 44.2 Å². The van der Waals surface area contributed by atoms with E-state index in [4.69, 9.17) is 0 Å². The van der Waals surface area contributed by atoms with Crippen LogP contribution in [0.25, 0.3) is 0 Å². The molecule has 1 aromatic rings. The van der Waals surface area contributed by atoms with Gasteiger partial charge < -0.3 is 10.2 Å². The van der Waals surface area contributed by atoms with Gasteiger partial charge in [-0.05, 0) is 44.2 Å². The Morgan fingerprint density at radius 3 is 2.70 bits per heavy atom. The number of rotatable bonds is 3. The molecule has 0 saturated carbocycles. The van der Waals surface area contributed by atoms with E-state index in [2.05, 4.69) is 34.5 Å². The van der Waals surface area contributed by atoms with Gasteiger partial charge >= 0.3 is 0 Å². The number of likely N-dealkylation sites (tertiary alicyclic amines) is 1. The number of halogens is 1. The number of hydrogen-bond donors (Lipinski definition) is 1. The summed E-state index contributed by atoms with van der Waals surface area (Å²) >= 11 is 0. The second-order valence-electron chi connectivity index (χ2n) is 5.67. The average Bonchev–Trinajstić information content (AvgIpc) is 3.10. The fourth-order valence-electron chi connectivity index (χ4n) is 3.32. The van der Waals surface area contributed by atoms with Gasteiger partial charge in [0.25, 0.3) is 0 Å². The molecule has 2 aliphatic rings. The molecule has 0 aromatic heterocycles. The molecule has 2 aliphatic heterocycles. The molecule has 4 heteroatoms. The first-order chi connectivity index (χ1) is 9.34. The Bertz CT molecular complexity index is 431. The summed E-state index contributed by atoms with van der Waals surface area (Å²) in [5.74, 6) is 0.330. The van der Waals surface area contributed by atoms with Crippen LogP contribution in [0, 0.1) is 0 Å². The van der Waals surface area contributed by atoms with Crippen molar-refractivity contribution in [2.75, 3.05) is 13.1 Å². The van der Waals surface area contributed by atoms with E-state index < -0.39 is 0 Å². The van der Waals surface area contributed by atoms with Gasteiger partial charge in [0.2, 0.25) is 5.91 Å². The molecule has 1 amide bonds. The normalized spacial score (nSPS) is 25.5. The Morgan fingerprint density at radius 1 is 1.20 bits per heavy atom. The highest BCUT2D eigenvalue weighted by atomic mass is 35.5. The number of benzene rings is 1. The summed E-state index contributed by atoms with van der Waals surface area (Å²) in [5.41, 5.74) is 1.34. The Labute approximate surface area is 127 Å². The van der Waals surface area contributed by atoms with Crippen molar-refractivity contribution in [3.8, 4) is 0 Å². The van der Waals surface area contributed by atoms with Crippen LogP contribution in [0.3, 0.4) is 0 Å². The summed E-state index contributed by atoms with van der Waals surface area (Å²) in [7, 11) is 0. The second-order valence-corrected chi connectivity index (χ2v) is 5.67. The molecular weight excluding hydrogens is 272 g/mol.